The van der Waals surface area contributed by atoms with Gasteiger partial charge in [-0.2, -0.15) is 5.26 Å². The van der Waals surface area contributed by atoms with E-state index in [0.29, 0.717) is 11.3 Å². The van der Waals surface area contributed by atoms with Crippen LogP contribution in [-0.4, -0.2) is 18.3 Å². The van der Waals surface area contributed by atoms with Gasteiger partial charge in [0.1, 0.15) is 0 Å². The van der Waals surface area contributed by atoms with Gasteiger partial charge in [-0.3, -0.25) is 0 Å². The molecular weight excluding hydrogens is 1620 g/mol. The Morgan fingerprint density at radius 2 is 0.358 bits per heavy atom. The fourth-order valence-corrected chi connectivity index (χ4v) is 20.1. The quantitative estimate of drug-likeness (QED) is 0.0944. The molecule has 0 aliphatic rings. The van der Waals surface area contributed by atoms with Gasteiger partial charge < -0.3 is 18.3 Å². The van der Waals surface area contributed by atoms with Gasteiger partial charge >= 0.3 is 0 Å². The maximum absolute atomic E-state index is 10.1. The lowest BCUT2D eigenvalue weighted by atomic mass is 9.93. The van der Waals surface area contributed by atoms with Crippen LogP contribution < -0.4 is 0 Å². The Kier molecular flexibility index (Phi) is 20.0. The Bertz CT molecular complexity index is 8590. The van der Waals surface area contributed by atoms with Crippen LogP contribution in [0.4, 0.5) is 5.69 Å². The van der Waals surface area contributed by atoms with E-state index in [4.69, 9.17) is 6.57 Å². The van der Waals surface area contributed by atoms with E-state index in [9.17, 15) is 5.26 Å². The molecular formula is C128H82N6. The summed E-state index contributed by atoms with van der Waals surface area (Å²) >= 11 is 0. The molecule has 0 saturated carbocycles. The number of aromatic nitrogens is 4. The van der Waals surface area contributed by atoms with Crippen molar-refractivity contribution in [2.45, 2.75) is 0 Å². The Morgan fingerprint density at radius 3 is 0.657 bits per heavy atom. The van der Waals surface area contributed by atoms with E-state index in [1.54, 1.807) is 0 Å². The number of fused-ring (bicyclic) bond motifs is 12. The summed E-state index contributed by atoms with van der Waals surface area (Å²) in [6.45, 7) is 7.92. The minimum Gasteiger partial charge on any atom is -0.309 e. The molecule has 0 bridgehead atoms. The van der Waals surface area contributed by atoms with Gasteiger partial charge in [-0.25, -0.2) is 4.85 Å². The number of nitrogens with zero attached hydrogens (tertiary/aromatic N) is 6. The highest BCUT2D eigenvalue weighted by molar-refractivity contribution is 6.16. The summed E-state index contributed by atoms with van der Waals surface area (Å²) in [5.74, 6) is 0. The molecule has 6 nitrogen and oxygen atoms in total. The van der Waals surface area contributed by atoms with Gasteiger partial charge in [0.25, 0.3) is 0 Å². The molecule has 0 N–H and O–H groups in total. The molecule has 25 aromatic rings. The molecule has 134 heavy (non-hydrogen) atoms. The van der Waals surface area contributed by atoms with Crippen LogP contribution in [0.3, 0.4) is 0 Å². The molecule has 0 fully saturated rings. The second-order valence-corrected chi connectivity index (χ2v) is 34.5. The van der Waals surface area contributed by atoms with Gasteiger partial charge in [0.2, 0.25) is 0 Å². The van der Waals surface area contributed by atoms with Crippen LogP contribution in [0.25, 0.3) is 237 Å². The van der Waals surface area contributed by atoms with Crippen LogP contribution in [-0.2, 0) is 0 Å². The van der Waals surface area contributed by atoms with Crippen LogP contribution >= 0.6 is 0 Å². The molecule has 6 heteroatoms. The van der Waals surface area contributed by atoms with Crippen LogP contribution in [0.15, 0.2) is 497 Å². The van der Waals surface area contributed by atoms with Crippen molar-refractivity contribution in [2.75, 3.05) is 0 Å². The number of nitriles is 1. The highest BCUT2D eigenvalue weighted by atomic mass is 15.0. The van der Waals surface area contributed by atoms with E-state index in [-0.39, 0.29) is 0 Å². The number of hydrogen-bond donors (Lipinski definition) is 0. The van der Waals surface area contributed by atoms with E-state index < -0.39 is 0 Å². The number of rotatable bonds is 15. The lowest BCUT2D eigenvalue weighted by Gasteiger charge is -2.12. The van der Waals surface area contributed by atoms with E-state index >= 15 is 0 Å². The molecule has 0 unspecified atom stereocenters. The third kappa shape index (κ3) is 14.5. The van der Waals surface area contributed by atoms with Crippen molar-refractivity contribution in [1.29, 1.82) is 5.26 Å². The van der Waals surface area contributed by atoms with E-state index in [1.807, 2.05) is 60.7 Å². The van der Waals surface area contributed by atoms with Crippen molar-refractivity contribution >= 4 is 92.9 Å². The Labute approximate surface area is 776 Å². The summed E-state index contributed by atoms with van der Waals surface area (Å²) in [5, 5.41) is 19.7. The highest BCUT2D eigenvalue weighted by Crippen LogP contribution is 2.46. The third-order valence-electron chi connectivity index (χ3n) is 26.6. The molecule has 21 aromatic carbocycles. The zero-order valence-corrected chi connectivity index (χ0v) is 73.0. The van der Waals surface area contributed by atoms with Gasteiger partial charge in [0, 0.05) is 65.8 Å². The Balaban J connectivity index is 0.000000149. The fraction of sp³-hybridized carbons (Fsp3) is 0. The predicted molar refractivity (Wildman–Crippen MR) is 561 cm³/mol. The molecule has 4 aromatic heterocycles. The summed E-state index contributed by atoms with van der Waals surface area (Å²) in [7, 11) is 0. The lowest BCUT2D eigenvalue weighted by Crippen LogP contribution is -1.93. The molecule has 624 valence electrons. The standard InChI is InChI=1S/C68H42N4.C60H40N2/c1-70-58-38-56(47-16-8-3-9-17-47)37-57(39-58)53-27-31-62-64-41-51(29-33-66(64)72(68(62)43-53)60-20-12-5-13-21-60)49-24-22-48(23-25-49)50-28-32-65-63(40-50)61-30-26-52(42-67(61)71(65)59-18-10-4-11-19-59)55-35-45(44-69)34-54(36-55)46-14-6-2-7-15-46;1-5-15-41(16-6-1)48-35-49(42-17-7-2-8-18-42)37-50(36-48)47-29-32-54-56-39-46(31-34-59(56)62(60(54)40-47)52-21-11-4-12-22-52)44-27-25-43(26-28-44)45-30-33-58-55(38-45)53-23-13-14-24-57(53)61(58)51-19-9-3-10-20-51/h2-43H;1-40H. The lowest BCUT2D eigenvalue weighted by molar-refractivity contribution is 1.18. The maximum Gasteiger partial charge on any atom is 0.188 e. The van der Waals surface area contributed by atoms with Crippen molar-refractivity contribution in [3.05, 3.63) is 514 Å². The van der Waals surface area contributed by atoms with Crippen LogP contribution in [0.2, 0.25) is 0 Å². The van der Waals surface area contributed by atoms with Gasteiger partial charge in [-0.15, -0.1) is 0 Å². The smallest absolute Gasteiger partial charge is 0.188 e. The molecule has 0 aliphatic heterocycles. The molecule has 0 saturated heterocycles. The average Bonchev–Trinajstić information content (AvgIpc) is 1.55. The minimum atomic E-state index is 0.620. The topological polar surface area (TPSA) is 47.9 Å². The van der Waals surface area contributed by atoms with Crippen molar-refractivity contribution in [3.8, 4) is 151 Å². The maximum atomic E-state index is 10.1. The summed E-state index contributed by atoms with van der Waals surface area (Å²) in [5.41, 5.74) is 40.0. The Morgan fingerprint density at radius 1 is 0.157 bits per heavy atom. The second-order valence-electron chi connectivity index (χ2n) is 34.5. The fourth-order valence-electron chi connectivity index (χ4n) is 20.1. The van der Waals surface area contributed by atoms with Crippen molar-refractivity contribution in [1.82, 2.24) is 18.3 Å². The van der Waals surface area contributed by atoms with Gasteiger partial charge in [0.15, 0.2) is 5.69 Å². The molecule has 0 aliphatic carbocycles. The first kappa shape index (κ1) is 79.2. The first-order valence-electron chi connectivity index (χ1n) is 45.5. The molecule has 0 radical (unpaired) electrons. The zero-order valence-electron chi connectivity index (χ0n) is 73.0. The number of para-hydroxylation sites is 5. The van der Waals surface area contributed by atoms with Crippen molar-refractivity contribution in [3.63, 3.8) is 0 Å². The average molecular weight is 1700 g/mol. The minimum absolute atomic E-state index is 0.620. The summed E-state index contributed by atoms with van der Waals surface area (Å²) in [4.78, 5) is 3.86. The predicted octanol–water partition coefficient (Wildman–Crippen LogP) is 34.5. The van der Waals surface area contributed by atoms with E-state index in [2.05, 4.69) is 466 Å². The van der Waals surface area contributed by atoms with Crippen LogP contribution in [0, 0.1) is 17.9 Å². The van der Waals surface area contributed by atoms with Crippen molar-refractivity contribution in [2.24, 2.45) is 0 Å². The monoisotopic (exact) mass is 1700 g/mol. The summed E-state index contributed by atoms with van der Waals surface area (Å²) in [6, 6.07) is 181. The first-order valence-corrected chi connectivity index (χ1v) is 45.5. The second kappa shape index (κ2) is 33.8. The first-order chi connectivity index (χ1) is 66.3. The molecule has 0 spiro atoms. The SMILES string of the molecule is [C-]#[N+]c1cc(-c2ccccc2)cc(-c2ccc3c4cc(-c5ccc(-c6ccc7c(c6)c6ccc(-c8cc(C#N)cc(-c9ccccc9)c8)cc6n7-c6ccccc6)cc5)ccc4n(-c4ccccc4)c3c2)c1.c1ccc(-c2cc(-c3ccccc3)cc(-c3ccc4c5cc(-c6ccc(-c7ccc8c(c7)c7ccccc7n8-c7ccccc7)cc6)ccc5n(-c5ccccc5)c4c3)c2)cc1. The molecule has 4 heterocycles. The van der Waals surface area contributed by atoms with Crippen LogP contribution in [0.1, 0.15) is 5.56 Å². The molecule has 25 rings (SSSR count). The van der Waals surface area contributed by atoms with E-state index in [1.165, 1.54) is 126 Å². The highest BCUT2D eigenvalue weighted by Gasteiger charge is 2.23. The molecule has 0 atom stereocenters. The third-order valence-corrected chi connectivity index (χ3v) is 26.6. The normalized spacial score (nSPS) is 11.4. The van der Waals surface area contributed by atoms with Gasteiger partial charge in [-0.05, 0) is 298 Å². The number of hydrogen-bond acceptors (Lipinski definition) is 1. The number of benzene rings is 21. The Hall–Kier alpha value is -18.2. The van der Waals surface area contributed by atoms with Crippen molar-refractivity contribution < 1.29 is 0 Å². The summed E-state index contributed by atoms with van der Waals surface area (Å²) < 4.78 is 9.51. The van der Waals surface area contributed by atoms with E-state index in [0.717, 1.165) is 106 Å². The summed E-state index contributed by atoms with van der Waals surface area (Å²) in [6.07, 6.45) is 0. The van der Waals surface area contributed by atoms with Crippen LogP contribution in [0.5, 0.6) is 0 Å². The van der Waals surface area contributed by atoms with Gasteiger partial charge in [-0.1, -0.05) is 322 Å². The molecule has 0 amide bonds. The largest absolute Gasteiger partial charge is 0.309 e. The van der Waals surface area contributed by atoms with Gasteiger partial charge in [0.05, 0.1) is 62.3 Å². The zero-order chi connectivity index (χ0) is 89.1.